The molecule has 2 aromatic carbocycles. The third-order valence-corrected chi connectivity index (χ3v) is 3.68. The highest BCUT2D eigenvalue weighted by Crippen LogP contribution is 2.22. The summed E-state index contributed by atoms with van der Waals surface area (Å²) in [5, 5.41) is 2.88. The molecule has 1 heterocycles. The van der Waals surface area contributed by atoms with Crippen molar-refractivity contribution in [2.24, 2.45) is 0 Å². The zero-order valence-electron chi connectivity index (χ0n) is 13.4. The summed E-state index contributed by atoms with van der Waals surface area (Å²) < 4.78 is 10.5. The Hall–Kier alpha value is -3.08. The minimum atomic E-state index is -0.240. The average molecular weight is 322 g/mol. The van der Waals surface area contributed by atoms with Crippen LogP contribution in [-0.4, -0.2) is 24.5 Å². The second kappa shape index (κ2) is 7.46. The topological polar surface area (TPSA) is 64.4 Å². The SMILES string of the molecule is COc1ccc(CCNC(=O)c2ncoc2-c2ccccc2)cc1. The molecular weight excluding hydrogens is 304 g/mol. The predicted molar refractivity (Wildman–Crippen MR) is 91.0 cm³/mol. The van der Waals surface area contributed by atoms with Crippen molar-refractivity contribution in [1.82, 2.24) is 10.3 Å². The Balaban J connectivity index is 1.61. The molecule has 122 valence electrons. The number of aromatic nitrogens is 1. The Bertz CT molecular complexity index is 795. The van der Waals surface area contributed by atoms with Crippen LogP contribution in [-0.2, 0) is 6.42 Å². The summed E-state index contributed by atoms with van der Waals surface area (Å²) in [4.78, 5) is 16.4. The molecule has 0 spiro atoms. The van der Waals surface area contributed by atoms with Gasteiger partial charge in [0.15, 0.2) is 17.8 Å². The van der Waals surface area contributed by atoms with E-state index in [4.69, 9.17) is 9.15 Å². The molecule has 3 aromatic rings. The average Bonchev–Trinajstić information content (AvgIpc) is 3.13. The van der Waals surface area contributed by atoms with Crippen LogP contribution in [0.3, 0.4) is 0 Å². The highest BCUT2D eigenvalue weighted by atomic mass is 16.5. The molecule has 0 unspecified atom stereocenters. The van der Waals surface area contributed by atoms with E-state index in [0.29, 0.717) is 18.0 Å². The van der Waals surface area contributed by atoms with Gasteiger partial charge in [-0.2, -0.15) is 0 Å². The van der Waals surface area contributed by atoms with Crippen LogP contribution in [0.4, 0.5) is 0 Å². The van der Waals surface area contributed by atoms with Crippen molar-refractivity contribution in [1.29, 1.82) is 0 Å². The van der Waals surface area contributed by atoms with Gasteiger partial charge in [0.2, 0.25) is 0 Å². The van der Waals surface area contributed by atoms with Gasteiger partial charge in [0.1, 0.15) is 5.75 Å². The van der Waals surface area contributed by atoms with Crippen molar-refractivity contribution in [3.8, 4) is 17.1 Å². The molecule has 0 aliphatic rings. The van der Waals surface area contributed by atoms with Crippen LogP contribution in [0.2, 0.25) is 0 Å². The zero-order chi connectivity index (χ0) is 16.8. The molecule has 0 saturated heterocycles. The molecule has 1 N–H and O–H groups in total. The molecule has 0 aliphatic carbocycles. The van der Waals surface area contributed by atoms with Gasteiger partial charge in [-0.25, -0.2) is 4.98 Å². The van der Waals surface area contributed by atoms with Crippen LogP contribution in [0.15, 0.2) is 65.4 Å². The third kappa shape index (κ3) is 3.63. The van der Waals surface area contributed by atoms with E-state index in [2.05, 4.69) is 10.3 Å². The lowest BCUT2D eigenvalue weighted by Gasteiger charge is -2.06. The number of ether oxygens (including phenoxy) is 1. The summed E-state index contributed by atoms with van der Waals surface area (Å²) in [7, 11) is 1.64. The number of oxazole rings is 1. The first kappa shape index (κ1) is 15.8. The number of hydrogen-bond acceptors (Lipinski definition) is 4. The highest BCUT2D eigenvalue weighted by Gasteiger charge is 2.17. The molecule has 0 radical (unpaired) electrons. The summed E-state index contributed by atoms with van der Waals surface area (Å²) in [6.45, 7) is 0.520. The first-order chi connectivity index (χ1) is 11.8. The van der Waals surface area contributed by atoms with Crippen molar-refractivity contribution in [2.45, 2.75) is 6.42 Å². The molecule has 5 nitrogen and oxygen atoms in total. The maximum atomic E-state index is 12.3. The molecule has 0 fully saturated rings. The Kier molecular flexibility index (Phi) is 4.91. The lowest BCUT2D eigenvalue weighted by atomic mass is 10.1. The first-order valence-corrected chi connectivity index (χ1v) is 7.68. The van der Waals surface area contributed by atoms with Gasteiger partial charge < -0.3 is 14.5 Å². The van der Waals surface area contributed by atoms with Gasteiger partial charge in [-0.15, -0.1) is 0 Å². The standard InChI is InChI=1S/C19H18N2O3/c1-23-16-9-7-14(8-10-16)11-12-20-19(22)17-18(24-13-21-17)15-5-3-2-4-6-15/h2-10,13H,11-12H2,1H3,(H,20,22). The maximum absolute atomic E-state index is 12.3. The fourth-order valence-electron chi connectivity index (χ4n) is 2.40. The summed E-state index contributed by atoms with van der Waals surface area (Å²) in [5.74, 6) is 1.06. The normalized spacial score (nSPS) is 10.4. The van der Waals surface area contributed by atoms with E-state index in [1.165, 1.54) is 6.39 Å². The van der Waals surface area contributed by atoms with Gasteiger partial charge in [0.25, 0.3) is 5.91 Å². The van der Waals surface area contributed by atoms with Crippen molar-refractivity contribution in [3.05, 3.63) is 72.2 Å². The van der Waals surface area contributed by atoms with Crippen LogP contribution in [0.25, 0.3) is 11.3 Å². The summed E-state index contributed by atoms with van der Waals surface area (Å²) in [6, 6.07) is 17.2. The Morgan fingerprint density at radius 2 is 1.88 bits per heavy atom. The summed E-state index contributed by atoms with van der Waals surface area (Å²) in [6.07, 6.45) is 2.02. The van der Waals surface area contributed by atoms with Crippen LogP contribution in [0, 0.1) is 0 Å². The summed E-state index contributed by atoms with van der Waals surface area (Å²) >= 11 is 0. The van der Waals surface area contributed by atoms with Crippen molar-refractivity contribution >= 4 is 5.91 Å². The van der Waals surface area contributed by atoms with Crippen LogP contribution in [0.5, 0.6) is 5.75 Å². The van der Waals surface area contributed by atoms with E-state index >= 15 is 0 Å². The van der Waals surface area contributed by atoms with Gasteiger partial charge in [-0.3, -0.25) is 4.79 Å². The van der Waals surface area contributed by atoms with Crippen molar-refractivity contribution < 1.29 is 13.9 Å². The van der Waals surface area contributed by atoms with Gasteiger partial charge in [-0.05, 0) is 24.1 Å². The van der Waals surface area contributed by atoms with E-state index in [-0.39, 0.29) is 5.91 Å². The van der Waals surface area contributed by atoms with E-state index in [1.807, 2.05) is 54.6 Å². The first-order valence-electron chi connectivity index (χ1n) is 7.68. The smallest absolute Gasteiger partial charge is 0.273 e. The number of carbonyl (C=O) groups is 1. The Labute approximate surface area is 140 Å². The van der Waals surface area contributed by atoms with Gasteiger partial charge in [0.05, 0.1) is 7.11 Å². The Morgan fingerprint density at radius 3 is 2.58 bits per heavy atom. The second-order valence-corrected chi connectivity index (χ2v) is 5.25. The quantitative estimate of drug-likeness (QED) is 0.756. The largest absolute Gasteiger partial charge is 0.497 e. The molecule has 0 atom stereocenters. The summed E-state index contributed by atoms with van der Waals surface area (Å²) in [5.41, 5.74) is 2.26. The highest BCUT2D eigenvalue weighted by molar-refractivity contribution is 5.97. The van der Waals surface area contributed by atoms with Crippen molar-refractivity contribution in [3.63, 3.8) is 0 Å². The minimum Gasteiger partial charge on any atom is -0.497 e. The number of benzene rings is 2. The molecule has 1 amide bonds. The molecular formula is C19H18N2O3. The monoisotopic (exact) mass is 322 g/mol. The van der Waals surface area contributed by atoms with Crippen LogP contribution in [0.1, 0.15) is 16.1 Å². The minimum absolute atomic E-state index is 0.240. The van der Waals surface area contributed by atoms with Crippen LogP contribution >= 0.6 is 0 Å². The molecule has 5 heteroatoms. The van der Waals surface area contributed by atoms with Gasteiger partial charge in [-0.1, -0.05) is 42.5 Å². The number of carbonyl (C=O) groups excluding carboxylic acids is 1. The van der Waals surface area contributed by atoms with E-state index in [0.717, 1.165) is 23.3 Å². The predicted octanol–water partition coefficient (Wildman–Crippen LogP) is 3.32. The fourth-order valence-corrected chi connectivity index (χ4v) is 2.40. The maximum Gasteiger partial charge on any atom is 0.273 e. The number of nitrogens with zero attached hydrogens (tertiary/aromatic N) is 1. The lowest BCUT2D eigenvalue weighted by Crippen LogP contribution is -2.26. The number of rotatable bonds is 6. The molecule has 0 aliphatic heterocycles. The molecule has 1 aromatic heterocycles. The second-order valence-electron chi connectivity index (χ2n) is 5.25. The van der Waals surface area contributed by atoms with Crippen molar-refractivity contribution in [2.75, 3.05) is 13.7 Å². The number of hydrogen-bond donors (Lipinski definition) is 1. The Morgan fingerprint density at radius 1 is 1.12 bits per heavy atom. The molecule has 0 saturated carbocycles. The third-order valence-electron chi connectivity index (χ3n) is 3.68. The van der Waals surface area contributed by atoms with E-state index in [1.54, 1.807) is 7.11 Å². The fraction of sp³-hybridized carbons (Fsp3) is 0.158. The van der Waals surface area contributed by atoms with Crippen LogP contribution < -0.4 is 10.1 Å². The zero-order valence-corrected chi connectivity index (χ0v) is 13.4. The van der Waals surface area contributed by atoms with E-state index < -0.39 is 0 Å². The molecule has 24 heavy (non-hydrogen) atoms. The number of nitrogens with one attached hydrogen (secondary N) is 1. The van der Waals surface area contributed by atoms with Gasteiger partial charge >= 0.3 is 0 Å². The van der Waals surface area contributed by atoms with Gasteiger partial charge in [0, 0.05) is 12.1 Å². The number of amides is 1. The molecule has 3 rings (SSSR count). The van der Waals surface area contributed by atoms with E-state index in [9.17, 15) is 4.79 Å². The number of methoxy groups -OCH3 is 1. The molecule has 0 bridgehead atoms. The lowest BCUT2D eigenvalue weighted by molar-refractivity contribution is 0.0950.